The molecule has 0 aromatic heterocycles. The molecule has 2 heteroatoms. The number of nitrogens with two attached hydrogens (primary N) is 1. The van der Waals surface area contributed by atoms with E-state index in [0.717, 1.165) is 6.54 Å². The standard InChI is InChI=1S/C15H26N2/c1-11(2)10-17(5)15(13(4)16)14-9-7-6-8-12(14)3/h6-9,11,13,15H,10,16H2,1-5H3. The van der Waals surface area contributed by atoms with Gasteiger partial charge >= 0.3 is 0 Å². The molecule has 2 unspecified atom stereocenters. The quantitative estimate of drug-likeness (QED) is 0.848. The molecular formula is C15H26N2. The normalized spacial score (nSPS) is 15.3. The van der Waals surface area contributed by atoms with Gasteiger partial charge in [0.15, 0.2) is 0 Å². The molecule has 2 nitrogen and oxygen atoms in total. The maximum atomic E-state index is 6.17. The van der Waals surface area contributed by atoms with E-state index in [1.165, 1.54) is 11.1 Å². The minimum atomic E-state index is 0.139. The summed E-state index contributed by atoms with van der Waals surface area (Å²) in [5.74, 6) is 0.658. The second kappa shape index (κ2) is 6.18. The first kappa shape index (κ1) is 14.2. The fraction of sp³-hybridized carbons (Fsp3) is 0.600. The smallest absolute Gasteiger partial charge is 0.0496 e. The van der Waals surface area contributed by atoms with Gasteiger partial charge in [-0.25, -0.2) is 0 Å². The highest BCUT2D eigenvalue weighted by atomic mass is 15.1. The van der Waals surface area contributed by atoms with E-state index in [1.54, 1.807) is 0 Å². The van der Waals surface area contributed by atoms with Gasteiger partial charge in [-0.05, 0) is 37.9 Å². The highest BCUT2D eigenvalue weighted by Crippen LogP contribution is 2.25. The number of nitrogens with zero attached hydrogens (tertiary/aromatic N) is 1. The van der Waals surface area contributed by atoms with E-state index in [1.807, 2.05) is 0 Å². The van der Waals surface area contributed by atoms with E-state index in [0.29, 0.717) is 12.0 Å². The SMILES string of the molecule is Cc1ccccc1C(C(C)N)N(C)CC(C)C. The van der Waals surface area contributed by atoms with Crippen molar-refractivity contribution >= 4 is 0 Å². The van der Waals surface area contributed by atoms with Gasteiger partial charge in [0.1, 0.15) is 0 Å². The van der Waals surface area contributed by atoms with Gasteiger partial charge in [-0.15, -0.1) is 0 Å². The molecule has 0 saturated carbocycles. The first-order valence-corrected chi connectivity index (χ1v) is 6.44. The number of hydrogen-bond donors (Lipinski definition) is 1. The summed E-state index contributed by atoms with van der Waals surface area (Å²) in [7, 11) is 2.17. The molecular weight excluding hydrogens is 208 g/mol. The fourth-order valence-corrected chi connectivity index (χ4v) is 2.53. The summed E-state index contributed by atoms with van der Waals surface area (Å²) in [6.45, 7) is 9.81. The molecule has 0 bridgehead atoms. The first-order chi connectivity index (χ1) is 7.93. The van der Waals surface area contributed by atoms with E-state index in [-0.39, 0.29) is 6.04 Å². The maximum absolute atomic E-state index is 6.17. The topological polar surface area (TPSA) is 29.3 Å². The molecule has 0 amide bonds. The molecule has 0 fully saturated rings. The molecule has 0 saturated heterocycles. The van der Waals surface area contributed by atoms with Crippen LogP contribution in [0.1, 0.15) is 37.9 Å². The van der Waals surface area contributed by atoms with Crippen LogP contribution in [0, 0.1) is 12.8 Å². The van der Waals surface area contributed by atoms with Crippen LogP contribution in [0.5, 0.6) is 0 Å². The molecule has 0 aliphatic carbocycles. The van der Waals surface area contributed by atoms with Gasteiger partial charge in [0.25, 0.3) is 0 Å². The summed E-state index contributed by atoms with van der Waals surface area (Å²) in [6, 6.07) is 8.98. The van der Waals surface area contributed by atoms with Crippen LogP contribution in [-0.2, 0) is 0 Å². The van der Waals surface area contributed by atoms with Crippen LogP contribution in [0.2, 0.25) is 0 Å². The van der Waals surface area contributed by atoms with Crippen LogP contribution in [-0.4, -0.2) is 24.5 Å². The monoisotopic (exact) mass is 234 g/mol. The Hall–Kier alpha value is -0.860. The first-order valence-electron chi connectivity index (χ1n) is 6.44. The van der Waals surface area contributed by atoms with Crippen LogP contribution >= 0.6 is 0 Å². The van der Waals surface area contributed by atoms with Crippen LogP contribution < -0.4 is 5.73 Å². The van der Waals surface area contributed by atoms with Gasteiger partial charge < -0.3 is 5.73 Å². The second-order valence-corrected chi connectivity index (χ2v) is 5.49. The summed E-state index contributed by atoms with van der Waals surface area (Å²) in [5.41, 5.74) is 8.85. The molecule has 17 heavy (non-hydrogen) atoms. The predicted molar refractivity (Wildman–Crippen MR) is 75.0 cm³/mol. The lowest BCUT2D eigenvalue weighted by molar-refractivity contribution is 0.196. The van der Waals surface area contributed by atoms with Crippen molar-refractivity contribution in [3.8, 4) is 0 Å². The van der Waals surface area contributed by atoms with Crippen molar-refractivity contribution in [3.05, 3.63) is 35.4 Å². The van der Waals surface area contributed by atoms with Crippen molar-refractivity contribution in [2.45, 2.75) is 39.8 Å². The fourth-order valence-electron chi connectivity index (χ4n) is 2.53. The van der Waals surface area contributed by atoms with E-state index in [4.69, 9.17) is 5.73 Å². The molecule has 96 valence electrons. The number of hydrogen-bond acceptors (Lipinski definition) is 2. The van der Waals surface area contributed by atoms with Gasteiger partial charge in [-0.2, -0.15) is 0 Å². The van der Waals surface area contributed by atoms with Crippen LogP contribution in [0.3, 0.4) is 0 Å². The van der Waals surface area contributed by atoms with Crippen molar-refractivity contribution in [2.24, 2.45) is 11.7 Å². The van der Waals surface area contributed by atoms with Crippen molar-refractivity contribution in [3.63, 3.8) is 0 Å². The molecule has 1 aromatic rings. The zero-order valence-corrected chi connectivity index (χ0v) is 11.8. The Labute approximate surface area is 106 Å². The average Bonchev–Trinajstić information content (AvgIpc) is 2.19. The zero-order chi connectivity index (χ0) is 13.0. The second-order valence-electron chi connectivity index (χ2n) is 5.49. The van der Waals surface area contributed by atoms with Crippen molar-refractivity contribution in [1.29, 1.82) is 0 Å². The van der Waals surface area contributed by atoms with Crippen LogP contribution in [0.25, 0.3) is 0 Å². The van der Waals surface area contributed by atoms with Gasteiger partial charge in [0.05, 0.1) is 0 Å². The molecule has 2 atom stereocenters. The van der Waals surface area contributed by atoms with Gasteiger partial charge in [0, 0.05) is 18.6 Å². The van der Waals surface area contributed by atoms with Crippen molar-refractivity contribution < 1.29 is 0 Å². The minimum Gasteiger partial charge on any atom is -0.326 e. The number of aryl methyl sites for hydroxylation is 1. The van der Waals surface area contributed by atoms with E-state index in [9.17, 15) is 0 Å². The molecule has 1 aromatic carbocycles. The Morgan fingerprint density at radius 1 is 1.18 bits per heavy atom. The summed E-state index contributed by atoms with van der Waals surface area (Å²) in [6.07, 6.45) is 0. The minimum absolute atomic E-state index is 0.139. The molecule has 0 heterocycles. The zero-order valence-electron chi connectivity index (χ0n) is 11.8. The third-order valence-electron chi connectivity index (χ3n) is 3.13. The van der Waals surface area contributed by atoms with Gasteiger partial charge in [0.2, 0.25) is 0 Å². The molecule has 0 aliphatic rings. The summed E-state index contributed by atoms with van der Waals surface area (Å²) in [4.78, 5) is 2.37. The third kappa shape index (κ3) is 3.83. The Morgan fingerprint density at radius 2 is 1.76 bits per heavy atom. The lowest BCUT2D eigenvalue weighted by atomic mass is 9.95. The highest BCUT2D eigenvalue weighted by Gasteiger charge is 2.22. The molecule has 0 radical (unpaired) electrons. The third-order valence-corrected chi connectivity index (χ3v) is 3.13. The predicted octanol–water partition coefficient (Wildman–Crippen LogP) is 2.97. The summed E-state index contributed by atoms with van der Waals surface area (Å²) in [5, 5.41) is 0. The lowest BCUT2D eigenvalue weighted by Gasteiger charge is -2.33. The van der Waals surface area contributed by atoms with E-state index >= 15 is 0 Å². The molecule has 0 spiro atoms. The largest absolute Gasteiger partial charge is 0.326 e. The summed E-state index contributed by atoms with van der Waals surface area (Å²) < 4.78 is 0. The Kier molecular flexibility index (Phi) is 5.16. The van der Waals surface area contributed by atoms with E-state index < -0.39 is 0 Å². The van der Waals surface area contributed by atoms with Gasteiger partial charge in [-0.1, -0.05) is 38.1 Å². The number of benzene rings is 1. The van der Waals surface area contributed by atoms with Crippen LogP contribution in [0.4, 0.5) is 0 Å². The molecule has 0 aliphatic heterocycles. The number of likely N-dealkylation sites (N-methyl/N-ethyl adjacent to an activating group) is 1. The lowest BCUT2D eigenvalue weighted by Crippen LogP contribution is -2.39. The van der Waals surface area contributed by atoms with Crippen molar-refractivity contribution in [2.75, 3.05) is 13.6 Å². The maximum Gasteiger partial charge on any atom is 0.0496 e. The summed E-state index contributed by atoms with van der Waals surface area (Å²) >= 11 is 0. The highest BCUT2D eigenvalue weighted by molar-refractivity contribution is 5.29. The number of rotatable bonds is 5. The average molecular weight is 234 g/mol. The Morgan fingerprint density at radius 3 is 2.24 bits per heavy atom. The Bertz CT molecular complexity index is 345. The van der Waals surface area contributed by atoms with Gasteiger partial charge in [-0.3, -0.25) is 4.90 Å². The molecule has 1 rings (SSSR count). The Balaban J connectivity index is 2.97. The molecule has 2 N–H and O–H groups in total. The van der Waals surface area contributed by atoms with E-state index in [2.05, 4.69) is 63.9 Å². The van der Waals surface area contributed by atoms with Crippen molar-refractivity contribution in [1.82, 2.24) is 4.90 Å². The van der Waals surface area contributed by atoms with Crippen LogP contribution in [0.15, 0.2) is 24.3 Å².